The number of furan rings is 1. The van der Waals surface area contributed by atoms with E-state index < -0.39 is 0 Å². The first-order valence-corrected chi connectivity index (χ1v) is 6.82. The van der Waals surface area contributed by atoms with Crippen LogP contribution in [0.15, 0.2) is 34.9 Å². The van der Waals surface area contributed by atoms with Gasteiger partial charge in [-0.25, -0.2) is 0 Å². The molecule has 0 bridgehead atoms. The zero-order valence-corrected chi connectivity index (χ0v) is 11.1. The van der Waals surface area contributed by atoms with Crippen LogP contribution in [0.4, 0.5) is 5.88 Å². The van der Waals surface area contributed by atoms with Crippen molar-refractivity contribution in [2.24, 2.45) is 0 Å². The molecule has 1 aliphatic rings. The molecule has 0 aliphatic heterocycles. The van der Waals surface area contributed by atoms with Gasteiger partial charge in [0.05, 0.1) is 6.10 Å². The first kappa shape index (κ1) is 12.6. The average Bonchev–Trinajstić information content (AvgIpc) is 3.09. The SMILES string of the molecule is N#Cc1c(-c2ccc(OC3CCCC3)cc2)coc1N. The predicted octanol–water partition coefficient (Wildman–Crippen LogP) is 3.72. The van der Waals surface area contributed by atoms with E-state index >= 15 is 0 Å². The Morgan fingerprint density at radius 2 is 1.90 bits per heavy atom. The molecule has 2 N–H and O–H groups in total. The Labute approximate surface area is 117 Å². The Morgan fingerprint density at radius 1 is 1.20 bits per heavy atom. The molecule has 0 saturated heterocycles. The summed E-state index contributed by atoms with van der Waals surface area (Å²) in [5.41, 5.74) is 7.62. The first-order chi connectivity index (χ1) is 9.78. The second-order valence-corrected chi connectivity index (χ2v) is 5.05. The molecule has 1 aromatic carbocycles. The quantitative estimate of drug-likeness (QED) is 0.920. The third kappa shape index (κ3) is 2.35. The standard InChI is InChI=1S/C16H16N2O2/c17-9-14-15(10-19-16(14)18)11-5-7-13(8-6-11)20-12-3-1-2-4-12/h5-8,10,12H,1-4,18H2. The van der Waals surface area contributed by atoms with Crippen molar-refractivity contribution in [3.05, 3.63) is 36.1 Å². The molecular formula is C16H16N2O2. The minimum absolute atomic E-state index is 0.161. The number of nitrogen functional groups attached to an aromatic ring is 1. The summed E-state index contributed by atoms with van der Waals surface area (Å²) in [6.07, 6.45) is 6.64. The van der Waals surface area contributed by atoms with Gasteiger partial charge in [-0.2, -0.15) is 5.26 Å². The van der Waals surface area contributed by atoms with Crippen LogP contribution in [0.2, 0.25) is 0 Å². The van der Waals surface area contributed by atoms with E-state index in [4.69, 9.17) is 20.1 Å². The topological polar surface area (TPSA) is 72.2 Å². The number of anilines is 1. The monoisotopic (exact) mass is 268 g/mol. The lowest BCUT2D eigenvalue weighted by molar-refractivity contribution is 0.210. The number of hydrogen-bond acceptors (Lipinski definition) is 4. The Morgan fingerprint density at radius 3 is 2.55 bits per heavy atom. The van der Waals surface area contributed by atoms with Gasteiger partial charge in [-0.15, -0.1) is 0 Å². The van der Waals surface area contributed by atoms with Gasteiger partial charge in [-0.1, -0.05) is 12.1 Å². The van der Waals surface area contributed by atoms with Crippen molar-refractivity contribution in [3.63, 3.8) is 0 Å². The van der Waals surface area contributed by atoms with Gasteiger partial charge in [0, 0.05) is 5.56 Å². The van der Waals surface area contributed by atoms with Gasteiger partial charge in [-0.05, 0) is 43.4 Å². The van der Waals surface area contributed by atoms with Gasteiger partial charge in [0.1, 0.15) is 23.6 Å². The van der Waals surface area contributed by atoms with Crippen LogP contribution in [0, 0.1) is 11.3 Å². The lowest BCUT2D eigenvalue weighted by Gasteiger charge is -2.13. The molecule has 1 aromatic heterocycles. The van der Waals surface area contributed by atoms with E-state index in [-0.39, 0.29) is 5.88 Å². The highest BCUT2D eigenvalue weighted by molar-refractivity contribution is 5.74. The number of ether oxygens (including phenoxy) is 1. The third-order valence-electron chi connectivity index (χ3n) is 3.70. The highest BCUT2D eigenvalue weighted by Gasteiger charge is 2.17. The number of hydrogen-bond donors (Lipinski definition) is 1. The average molecular weight is 268 g/mol. The summed E-state index contributed by atoms with van der Waals surface area (Å²) in [6, 6.07) is 9.77. The predicted molar refractivity (Wildman–Crippen MR) is 76.2 cm³/mol. The summed E-state index contributed by atoms with van der Waals surface area (Å²) in [7, 11) is 0. The number of nitriles is 1. The Balaban J connectivity index is 1.80. The Bertz CT molecular complexity index is 631. The lowest BCUT2D eigenvalue weighted by Crippen LogP contribution is -2.10. The second kappa shape index (κ2) is 5.30. The van der Waals surface area contributed by atoms with E-state index in [2.05, 4.69) is 6.07 Å². The van der Waals surface area contributed by atoms with Crippen molar-refractivity contribution in [1.82, 2.24) is 0 Å². The molecule has 20 heavy (non-hydrogen) atoms. The molecule has 0 spiro atoms. The molecule has 4 heteroatoms. The second-order valence-electron chi connectivity index (χ2n) is 5.05. The van der Waals surface area contributed by atoms with Crippen LogP contribution < -0.4 is 10.5 Å². The fourth-order valence-electron chi connectivity index (χ4n) is 2.61. The normalized spacial score (nSPS) is 15.2. The van der Waals surface area contributed by atoms with Crippen LogP contribution in [0.5, 0.6) is 5.75 Å². The summed E-state index contributed by atoms with van der Waals surface area (Å²) in [5.74, 6) is 1.03. The van der Waals surface area contributed by atoms with Crippen LogP contribution in [0.3, 0.4) is 0 Å². The molecule has 0 amide bonds. The molecule has 0 radical (unpaired) electrons. The number of nitrogens with two attached hydrogens (primary N) is 1. The molecule has 0 unspecified atom stereocenters. The number of rotatable bonds is 3. The Kier molecular flexibility index (Phi) is 3.34. The summed E-state index contributed by atoms with van der Waals surface area (Å²) >= 11 is 0. The zero-order valence-electron chi connectivity index (χ0n) is 11.1. The van der Waals surface area contributed by atoms with Crippen molar-refractivity contribution in [1.29, 1.82) is 5.26 Å². The molecule has 1 aliphatic carbocycles. The molecule has 102 valence electrons. The largest absolute Gasteiger partial charge is 0.490 e. The maximum Gasteiger partial charge on any atom is 0.208 e. The minimum Gasteiger partial charge on any atom is -0.490 e. The maximum absolute atomic E-state index is 9.08. The molecule has 1 fully saturated rings. The first-order valence-electron chi connectivity index (χ1n) is 6.82. The molecule has 2 aromatic rings. The van der Waals surface area contributed by atoms with Crippen LogP contribution in [0.25, 0.3) is 11.1 Å². The van der Waals surface area contributed by atoms with Crippen molar-refractivity contribution in [2.45, 2.75) is 31.8 Å². The van der Waals surface area contributed by atoms with Gasteiger partial charge in [-0.3, -0.25) is 0 Å². The molecular weight excluding hydrogens is 252 g/mol. The third-order valence-corrected chi connectivity index (χ3v) is 3.70. The fourth-order valence-corrected chi connectivity index (χ4v) is 2.61. The van der Waals surface area contributed by atoms with Gasteiger partial charge in [0.25, 0.3) is 0 Å². The van der Waals surface area contributed by atoms with E-state index in [9.17, 15) is 0 Å². The van der Waals surface area contributed by atoms with Gasteiger partial charge in [0.2, 0.25) is 5.88 Å². The highest BCUT2D eigenvalue weighted by Crippen LogP contribution is 2.31. The number of nitrogens with zero attached hydrogens (tertiary/aromatic N) is 1. The summed E-state index contributed by atoms with van der Waals surface area (Å²) in [5, 5.41) is 9.08. The van der Waals surface area contributed by atoms with Gasteiger partial charge in [0.15, 0.2) is 0 Å². The smallest absolute Gasteiger partial charge is 0.208 e. The van der Waals surface area contributed by atoms with Crippen LogP contribution in [0.1, 0.15) is 31.2 Å². The van der Waals surface area contributed by atoms with Crippen molar-refractivity contribution in [3.8, 4) is 22.9 Å². The van der Waals surface area contributed by atoms with E-state index in [1.54, 1.807) is 0 Å². The number of benzene rings is 1. The van der Waals surface area contributed by atoms with E-state index in [1.165, 1.54) is 19.1 Å². The van der Waals surface area contributed by atoms with Crippen molar-refractivity contribution < 1.29 is 9.15 Å². The van der Waals surface area contributed by atoms with E-state index in [1.807, 2.05) is 24.3 Å². The lowest BCUT2D eigenvalue weighted by atomic mass is 10.0. The van der Waals surface area contributed by atoms with Crippen LogP contribution in [-0.4, -0.2) is 6.10 Å². The zero-order chi connectivity index (χ0) is 13.9. The van der Waals surface area contributed by atoms with Gasteiger partial charge < -0.3 is 14.9 Å². The maximum atomic E-state index is 9.08. The molecule has 3 rings (SSSR count). The summed E-state index contributed by atoms with van der Waals surface area (Å²) < 4.78 is 11.0. The van der Waals surface area contributed by atoms with Crippen molar-refractivity contribution >= 4 is 5.88 Å². The summed E-state index contributed by atoms with van der Waals surface area (Å²) in [4.78, 5) is 0. The molecule has 1 saturated carbocycles. The fraction of sp³-hybridized carbons (Fsp3) is 0.312. The van der Waals surface area contributed by atoms with Crippen LogP contribution >= 0.6 is 0 Å². The van der Waals surface area contributed by atoms with Crippen LogP contribution in [-0.2, 0) is 0 Å². The highest BCUT2D eigenvalue weighted by atomic mass is 16.5. The molecule has 4 nitrogen and oxygen atoms in total. The van der Waals surface area contributed by atoms with E-state index in [0.29, 0.717) is 11.7 Å². The summed E-state index contributed by atoms with van der Waals surface area (Å²) in [6.45, 7) is 0. The Hall–Kier alpha value is -2.41. The molecule has 1 heterocycles. The molecule has 0 atom stereocenters. The van der Waals surface area contributed by atoms with E-state index in [0.717, 1.165) is 29.7 Å². The van der Waals surface area contributed by atoms with Gasteiger partial charge >= 0.3 is 0 Å². The van der Waals surface area contributed by atoms with Crippen molar-refractivity contribution in [2.75, 3.05) is 5.73 Å². The minimum atomic E-state index is 0.161.